The maximum absolute atomic E-state index is 12.6. The third kappa shape index (κ3) is 4.22. The monoisotopic (exact) mass is 382 g/mol. The standard InChI is InChI=1S/C18H18ClF3N4/c1-13(24-15-6-4-14(5-7-15)18(20,21)22)25-9-11-26(12-10-25)17-16(19)3-2-8-23-17/h2-8,24H,1,9-12H2. The number of halogens is 4. The van der Waals surface area contributed by atoms with E-state index in [1.54, 1.807) is 18.3 Å². The third-order valence-corrected chi connectivity index (χ3v) is 4.50. The van der Waals surface area contributed by atoms with Crippen LogP contribution in [0.4, 0.5) is 24.7 Å². The van der Waals surface area contributed by atoms with E-state index in [0.29, 0.717) is 29.6 Å². The van der Waals surface area contributed by atoms with E-state index in [-0.39, 0.29) is 0 Å². The summed E-state index contributed by atoms with van der Waals surface area (Å²) < 4.78 is 37.8. The zero-order valence-electron chi connectivity index (χ0n) is 13.9. The van der Waals surface area contributed by atoms with Crippen molar-refractivity contribution in [3.05, 3.63) is 65.6 Å². The Morgan fingerprint density at radius 3 is 2.31 bits per heavy atom. The van der Waals surface area contributed by atoms with Gasteiger partial charge in [0.1, 0.15) is 5.82 Å². The zero-order valence-corrected chi connectivity index (χ0v) is 14.7. The van der Waals surface area contributed by atoms with E-state index in [4.69, 9.17) is 11.6 Å². The summed E-state index contributed by atoms with van der Waals surface area (Å²) in [4.78, 5) is 8.46. The van der Waals surface area contributed by atoms with Gasteiger partial charge in [0.25, 0.3) is 0 Å². The summed E-state index contributed by atoms with van der Waals surface area (Å²) in [6, 6.07) is 8.50. The summed E-state index contributed by atoms with van der Waals surface area (Å²) in [5.74, 6) is 1.41. The van der Waals surface area contributed by atoms with Crippen molar-refractivity contribution in [1.29, 1.82) is 0 Å². The molecule has 138 valence electrons. The average molecular weight is 383 g/mol. The highest BCUT2D eigenvalue weighted by Gasteiger charge is 2.30. The number of pyridine rings is 1. The second-order valence-electron chi connectivity index (χ2n) is 5.93. The number of hydrogen-bond acceptors (Lipinski definition) is 4. The molecule has 1 saturated heterocycles. The van der Waals surface area contributed by atoms with E-state index in [9.17, 15) is 13.2 Å². The molecule has 0 saturated carbocycles. The second kappa shape index (κ2) is 7.45. The summed E-state index contributed by atoms with van der Waals surface area (Å²) in [5, 5.41) is 3.67. The molecule has 2 heterocycles. The van der Waals surface area contributed by atoms with Crippen molar-refractivity contribution >= 4 is 23.1 Å². The van der Waals surface area contributed by atoms with Crippen LogP contribution in [0.5, 0.6) is 0 Å². The molecule has 0 aliphatic carbocycles. The topological polar surface area (TPSA) is 31.4 Å². The number of hydrogen-bond donors (Lipinski definition) is 1. The molecule has 0 atom stereocenters. The lowest BCUT2D eigenvalue weighted by Crippen LogP contribution is -2.47. The molecule has 0 unspecified atom stereocenters. The van der Waals surface area contributed by atoms with E-state index in [1.807, 2.05) is 4.90 Å². The van der Waals surface area contributed by atoms with Crippen LogP contribution in [0, 0.1) is 0 Å². The van der Waals surface area contributed by atoms with Crippen LogP contribution in [0.1, 0.15) is 5.56 Å². The lowest BCUT2D eigenvalue weighted by atomic mass is 10.2. The first-order valence-electron chi connectivity index (χ1n) is 8.08. The Morgan fingerprint density at radius 1 is 1.08 bits per heavy atom. The molecule has 1 aliphatic heterocycles. The van der Waals surface area contributed by atoms with Crippen LogP contribution >= 0.6 is 11.6 Å². The van der Waals surface area contributed by atoms with Crippen LogP contribution in [-0.4, -0.2) is 36.1 Å². The van der Waals surface area contributed by atoms with Gasteiger partial charge in [0.05, 0.1) is 16.4 Å². The Balaban J connectivity index is 1.56. The van der Waals surface area contributed by atoms with Crippen LogP contribution in [0.15, 0.2) is 55.0 Å². The largest absolute Gasteiger partial charge is 0.416 e. The number of rotatable bonds is 4. The van der Waals surface area contributed by atoms with Gasteiger partial charge in [-0.1, -0.05) is 18.2 Å². The van der Waals surface area contributed by atoms with Gasteiger partial charge in [-0.05, 0) is 36.4 Å². The average Bonchev–Trinajstić information content (AvgIpc) is 2.62. The molecule has 0 amide bonds. The highest BCUT2D eigenvalue weighted by atomic mass is 35.5. The number of benzene rings is 1. The van der Waals surface area contributed by atoms with Crippen molar-refractivity contribution in [2.75, 3.05) is 36.4 Å². The zero-order chi connectivity index (χ0) is 18.7. The van der Waals surface area contributed by atoms with Crippen LogP contribution in [0.25, 0.3) is 0 Å². The van der Waals surface area contributed by atoms with Gasteiger partial charge in [-0.25, -0.2) is 4.98 Å². The molecule has 8 heteroatoms. The van der Waals surface area contributed by atoms with Crippen molar-refractivity contribution in [3.63, 3.8) is 0 Å². The van der Waals surface area contributed by atoms with E-state index in [1.165, 1.54) is 12.1 Å². The van der Waals surface area contributed by atoms with Gasteiger partial charge in [0.2, 0.25) is 0 Å². The van der Waals surface area contributed by atoms with E-state index >= 15 is 0 Å². The number of nitrogens with one attached hydrogen (secondary N) is 1. The fraction of sp³-hybridized carbons (Fsp3) is 0.278. The molecular formula is C18H18ClF3N4. The predicted octanol–water partition coefficient (Wildman–Crippen LogP) is 4.46. The maximum atomic E-state index is 12.6. The van der Waals surface area contributed by atoms with Crippen molar-refractivity contribution in [2.45, 2.75) is 6.18 Å². The highest BCUT2D eigenvalue weighted by molar-refractivity contribution is 6.32. The fourth-order valence-corrected chi connectivity index (χ4v) is 3.03. The maximum Gasteiger partial charge on any atom is 0.416 e. The quantitative estimate of drug-likeness (QED) is 0.846. The second-order valence-corrected chi connectivity index (χ2v) is 6.34. The van der Waals surface area contributed by atoms with Crippen LogP contribution in [0.3, 0.4) is 0 Å². The van der Waals surface area contributed by atoms with Gasteiger partial charge < -0.3 is 15.1 Å². The molecule has 3 rings (SSSR count). The Kier molecular flexibility index (Phi) is 5.27. The first-order chi connectivity index (χ1) is 12.3. The molecule has 4 nitrogen and oxygen atoms in total. The molecule has 1 N–H and O–H groups in total. The van der Waals surface area contributed by atoms with Gasteiger partial charge in [-0.15, -0.1) is 0 Å². The molecule has 1 aliphatic rings. The van der Waals surface area contributed by atoms with Crippen LogP contribution < -0.4 is 10.2 Å². The lowest BCUT2D eigenvalue weighted by molar-refractivity contribution is -0.137. The predicted molar refractivity (Wildman–Crippen MR) is 97.2 cm³/mol. The van der Waals surface area contributed by atoms with E-state index in [0.717, 1.165) is 31.0 Å². The number of nitrogens with zero attached hydrogens (tertiary/aromatic N) is 3. The molecule has 1 aromatic carbocycles. The number of piperazine rings is 1. The summed E-state index contributed by atoms with van der Waals surface area (Å²) in [7, 11) is 0. The third-order valence-electron chi connectivity index (χ3n) is 4.20. The van der Waals surface area contributed by atoms with Crippen LogP contribution in [-0.2, 0) is 6.18 Å². The summed E-state index contributed by atoms with van der Waals surface area (Å²) in [5.41, 5.74) is -0.104. The molecule has 0 bridgehead atoms. The Hall–Kier alpha value is -2.41. The SMILES string of the molecule is C=C(Nc1ccc(C(F)(F)F)cc1)N1CCN(c2ncccc2Cl)CC1. The Bertz CT molecular complexity index is 769. The molecule has 0 spiro atoms. The van der Waals surface area contributed by atoms with E-state index < -0.39 is 11.7 Å². The van der Waals surface area contributed by atoms with Crippen molar-refractivity contribution in [1.82, 2.24) is 9.88 Å². The smallest absolute Gasteiger partial charge is 0.355 e. The van der Waals surface area contributed by atoms with Gasteiger partial charge in [0.15, 0.2) is 0 Å². The number of anilines is 2. The molecule has 26 heavy (non-hydrogen) atoms. The molecule has 2 aromatic rings. The van der Waals surface area contributed by atoms with Crippen LogP contribution in [0.2, 0.25) is 5.02 Å². The fourth-order valence-electron chi connectivity index (χ4n) is 2.79. The minimum atomic E-state index is -4.33. The van der Waals surface area contributed by atoms with Gasteiger partial charge in [-0.2, -0.15) is 13.2 Å². The Labute approximate surface area is 154 Å². The minimum absolute atomic E-state index is 0.568. The molecule has 1 fully saturated rings. The first-order valence-corrected chi connectivity index (χ1v) is 8.46. The normalized spacial score (nSPS) is 15.1. The Morgan fingerprint density at radius 2 is 1.73 bits per heavy atom. The summed E-state index contributed by atoms with van der Waals surface area (Å²) in [6.45, 7) is 6.86. The van der Waals surface area contributed by atoms with Crippen molar-refractivity contribution < 1.29 is 13.2 Å². The summed E-state index contributed by atoms with van der Waals surface area (Å²) >= 11 is 6.18. The molecular weight excluding hydrogens is 365 g/mol. The number of alkyl halides is 3. The van der Waals surface area contributed by atoms with Crippen molar-refractivity contribution in [2.24, 2.45) is 0 Å². The van der Waals surface area contributed by atoms with Gasteiger partial charge in [-0.3, -0.25) is 0 Å². The highest BCUT2D eigenvalue weighted by Crippen LogP contribution is 2.30. The van der Waals surface area contributed by atoms with Gasteiger partial charge in [0, 0.05) is 38.1 Å². The first kappa shape index (κ1) is 18.4. The molecule has 0 radical (unpaired) electrons. The van der Waals surface area contributed by atoms with Gasteiger partial charge >= 0.3 is 6.18 Å². The minimum Gasteiger partial charge on any atom is -0.355 e. The number of aromatic nitrogens is 1. The van der Waals surface area contributed by atoms with E-state index in [2.05, 4.69) is 21.8 Å². The van der Waals surface area contributed by atoms with Crippen molar-refractivity contribution in [3.8, 4) is 0 Å². The molecule has 1 aromatic heterocycles. The summed E-state index contributed by atoms with van der Waals surface area (Å²) in [6.07, 6.45) is -2.63. The lowest BCUT2D eigenvalue weighted by Gasteiger charge is -2.37.